The van der Waals surface area contributed by atoms with E-state index in [1.54, 1.807) is 6.92 Å². The number of likely N-dealkylation sites (N-methyl/N-ethyl adjacent to an activating group) is 1. The first-order valence-corrected chi connectivity index (χ1v) is 9.78. The summed E-state index contributed by atoms with van der Waals surface area (Å²) in [5.41, 5.74) is -0.212. The van der Waals surface area contributed by atoms with Crippen LogP contribution in [0.4, 0.5) is 9.52 Å². The predicted octanol–water partition coefficient (Wildman–Crippen LogP) is 1.29. The van der Waals surface area contributed by atoms with Gasteiger partial charge in [-0.05, 0) is 12.1 Å². The number of hydrogen-bond donors (Lipinski definition) is 3. The number of thiazole rings is 1. The summed E-state index contributed by atoms with van der Waals surface area (Å²) < 4.78 is 38.9. The Morgan fingerprint density at radius 1 is 1.38 bits per heavy atom. The predicted molar refractivity (Wildman–Crippen MR) is 95.5 cm³/mol. The van der Waals surface area contributed by atoms with Crippen LogP contribution in [0.15, 0.2) is 35.4 Å². The minimum absolute atomic E-state index is 0.00764. The number of aliphatic hydroxyl groups excluding tert-OH is 1. The van der Waals surface area contributed by atoms with Gasteiger partial charge in [0.15, 0.2) is 10.3 Å². The van der Waals surface area contributed by atoms with Gasteiger partial charge in [-0.1, -0.05) is 30.4 Å². The molecule has 1 aromatic heterocycles. The van der Waals surface area contributed by atoms with Crippen molar-refractivity contribution in [2.24, 2.45) is 0 Å². The highest BCUT2D eigenvalue weighted by atomic mass is 32.2. The number of carbonyl (C=O) groups is 1. The normalized spacial score (nSPS) is 11.5. The minimum Gasteiger partial charge on any atom is -0.395 e. The van der Waals surface area contributed by atoms with Crippen LogP contribution < -0.4 is 5.32 Å². The van der Waals surface area contributed by atoms with E-state index >= 15 is 0 Å². The molecule has 1 aromatic carbocycles. The highest BCUT2D eigenvalue weighted by Gasteiger charge is 2.23. The van der Waals surface area contributed by atoms with Gasteiger partial charge in [-0.3, -0.25) is 15.5 Å². The quantitative estimate of drug-likeness (QED) is 0.576. The molecule has 3 N–H and O–H groups in total. The van der Waals surface area contributed by atoms with Gasteiger partial charge in [-0.15, -0.1) is 0 Å². The summed E-state index contributed by atoms with van der Waals surface area (Å²) in [6.07, 6.45) is 0.954. The number of anilines is 1. The fraction of sp³-hybridized carbons (Fsp3) is 0.267. The Morgan fingerprint density at radius 3 is 2.54 bits per heavy atom. The molecule has 11 heteroatoms. The van der Waals surface area contributed by atoms with Crippen molar-refractivity contribution in [2.45, 2.75) is 11.8 Å². The molecule has 26 heavy (non-hydrogen) atoms. The van der Waals surface area contributed by atoms with Gasteiger partial charge in [-0.2, -0.15) is 8.70 Å². The van der Waals surface area contributed by atoms with Crippen molar-refractivity contribution in [1.82, 2.24) is 9.29 Å². The summed E-state index contributed by atoms with van der Waals surface area (Å²) in [4.78, 5) is 15.6. The molecule has 0 unspecified atom stereocenters. The Kier molecular flexibility index (Phi) is 6.53. The van der Waals surface area contributed by atoms with E-state index in [0.717, 1.165) is 10.5 Å². The van der Waals surface area contributed by atoms with Crippen molar-refractivity contribution in [3.63, 3.8) is 0 Å². The summed E-state index contributed by atoms with van der Waals surface area (Å²) in [6, 6.07) is 5.25. The van der Waals surface area contributed by atoms with E-state index in [-0.39, 0.29) is 35.3 Å². The molecule has 0 aliphatic carbocycles. The molecule has 0 atom stereocenters. The van der Waals surface area contributed by atoms with Crippen molar-refractivity contribution in [1.29, 1.82) is 5.41 Å². The highest BCUT2D eigenvalue weighted by Crippen LogP contribution is 2.18. The molecular formula is C15H17FN4O4S2. The van der Waals surface area contributed by atoms with Crippen LogP contribution in [0.2, 0.25) is 0 Å². The monoisotopic (exact) mass is 400 g/mol. The first-order valence-electron chi connectivity index (χ1n) is 7.52. The van der Waals surface area contributed by atoms with Gasteiger partial charge in [-0.25, -0.2) is 13.4 Å². The Balaban J connectivity index is 2.15. The lowest BCUT2D eigenvalue weighted by Crippen LogP contribution is -2.33. The zero-order valence-corrected chi connectivity index (χ0v) is 15.4. The number of amides is 1. The number of hydrogen-bond acceptors (Lipinski definition) is 7. The smallest absolute Gasteiger partial charge is 0.275 e. The topological polar surface area (TPSA) is 123 Å². The SMILES string of the molecule is CCN(CCO)S(=O)(=O)c1ccc(C(=N)C(=O)Nc2ncc(F)s2)cc1. The van der Waals surface area contributed by atoms with E-state index in [9.17, 15) is 17.6 Å². The number of aromatic nitrogens is 1. The average Bonchev–Trinajstić information content (AvgIpc) is 3.03. The van der Waals surface area contributed by atoms with E-state index in [1.165, 1.54) is 24.3 Å². The second-order valence-electron chi connectivity index (χ2n) is 5.04. The third-order valence-electron chi connectivity index (χ3n) is 3.41. The zero-order valence-electron chi connectivity index (χ0n) is 13.8. The van der Waals surface area contributed by atoms with Gasteiger partial charge >= 0.3 is 0 Å². The molecule has 1 heterocycles. The summed E-state index contributed by atoms with van der Waals surface area (Å²) in [7, 11) is -3.77. The molecule has 0 aliphatic heterocycles. The number of rotatable bonds is 8. The zero-order chi connectivity index (χ0) is 19.3. The summed E-state index contributed by atoms with van der Waals surface area (Å²) in [6.45, 7) is 1.53. The van der Waals surface area contributed by atoms with Crippen molar-refractivity contribution >= 4 is 38.1 Å². The maximum Gasteiger partial charge on any atom is 0.275 e. The van der Waals surface area contributed by atoms with E-state index in [0.29, 0.717) is 11.3 Å². The molecular weight excluding hydrogens is 383 g/mol. The maximum absolute atomic E-state index is 12.9. The molecule has 0 radical (unpaired) electrons. The largest absolute Gasteiger partial charge is 0.395 e. The van der Waals surface area contributed by atoms with Crippen LogP contribution in [0.1, 0.15) is 12.5 Å². The van der Waals surface area contributed by atoms with Crippen LogP contribution in [0, 0.1) is 10.5 Å². The highest BCUT2D eigenvalue weighted by molar-refractivity contribution is 7.89. The number of nitrogens with one attached hydrogen (secondary N) is 2. The Labute approximate surface area is 153 Å². The summed E-state index contributed by atoms with van der Waals surface area (Å²) in [5, 5.41) is 18.6. The molecule has 2 aromatic rings. The molecule has 1 amide bonds. The van der Waals surface area contributed by atoms with E-state index in [1.807, 2.05) is 0 Å². The second kappa shape index (κ2) is 8.45. The average molecular weight is 400 g/mol. The maximum atomic E-state index is 12.9. The lowest BCUT2D eigenvalue weighted by molar-refractivity contribution is -0.110. The molecule has 2 rings (SSSR count). The summed E-state index contributed by atoms with van der Waals surface area (Å²) >= 11 is 0.633. The number of halogens is 1. The van der Waals surface area contributed by atoms with Crippen LogP contribution in [0.25, 0.3) is 0 Å². The van der Waals surface area contributed by atoms with Crippen LogP contribution in [0.5, 0.6) is 0 Å². The number of carbonyl (C=O) groups excluding carboxylic acids is 1. The molecule has 8 nitrogen and oxygen atoms in total. The minimum atomic E-state index is -3.77. The van der Waals surface area contributed by atoms with E-state index in [2.05, 4.69) is 10.3 Å². The van der Waals surface area contributed by atoms with E-state index in [4.69, 9.17) is 10.5 Å². The van der Waals surface area contributed by atoms with Crippen LogP contribution in [-0.4, -0.2) is 54.1 Å². The van der Waals surface area contributed by atoms with Gasteiger partial charge in [0.2, 0.25) is 10.0 Å². The third kappa shape index (κ3) is 4.49. The Hall–Kier alpha value is -2.21. The van der Waals surface area contributed by atoms with Crippen molar-refractivity contribution in [3.8, 4) is 0 Å². The molecule has 0 spiro atoms. The molecule has 0 saturated heterocycles. The third-order valence-corrected chi connectivity index (χ3v) is 6.10. The van der Waals surface area contributed by atoms with Crippen molar-refractivity contribution in [2.75, 3.05) is 25.0 Å². The lowest BCUT2D eigenvalue weighted by atomic mass is 10.1. The fourth-order valence-electron chi connectivity index (χ4n) is 2.11. The molecule has 140 valence electrons. The van der Waals surface area contributed by atoms with Crippen LogP contribution >= 0.6 is 11.3 Å². The molecule has 0 saturated carbocycles. The van der Waals surface area contributed by atoms with Gasteiger partial charge in [0.05, 0.1) is 17.7 Å². The van der Waals surface area contributed by atoms with Crippen LogP contribution in [0.3, 0.4) is 0 Å². The van der Waals surface area contributed by atoms with Gasteiger partial charge in [0, 0.05) is 18.7 Å². The number of benzene rings is 1. The fourth-order valence-corrected chi connectivity index (χ4v) is 4.08. The lowest BCUT2D eigenvalue weighted by Gasteiger charge is -2.19. The summed E-state index contributed by atoms with van der Waals surface area (Å²) in [5.74, 6) is -0.787. The van der Waals surface area contributed by atoms with Gasteiger partial charge < -0.3 is 5.11 Å². The van der Waals surface area contributed by atoms with Crippen molar-refractivity contribution in [3.05, 3.63) is 41.2 Å². The van der Waals surface area contributed by atoms with Gasteiger partial charge in [0.1, 0.15) is 5.71 Å². The van der Waals surface area contributed by atoms with Gasteiger partial charge in [0.25, 0.3) is 5.91 Å². The Morgan fingerprint density at radius 2 is 2.04 bits per heavy atom. The second-order valence-corrected chi connectivity index (χ2v) is 7.96. The van der Waals surface area contributed by atoms with E-state index < -0.39 is 26.8 Å². The Bertz CT molecular complexity index is 897. The first-order chi connectivity index (χ1) is 12.3. The molecule has 0 bridgehead atoms. The molecule has 0 fully saturated rings. The molecule has 0 aliphatic rings. The number of aliphatic hydroxyl groups is 1. The van der Waals surface area contributed by atoms with Crippen LogP contribution in [-0.2, 0) is 14.8 Å². The number of nitrogens with zero attached hydrogens (tertiary/aromatic N) is 2. The first kappa shape index (κ1) is 20.1. The number of sulfonamides is 1. The standard InChI is InChI=1S/C15H17FN4O4S2/c1-2-20(7-8-21)26(23,24)11-5-3-10(4-6-11)13(17)14(22)19-15-18-9-12(16)25-15/h3-6,9,17,21H,2,7-8H2,1H3,(H,18,19,22). The van der Waals surface area contributed by atoms with Crippen molar-refractivity contribution < 1.29 is 22.7 Å².